The van der Waals surface area contributed by atoms with E-state index in [1.54, 1.807) is 0 Å². The number of carbonyl (C=O) groups is 3. The van der Waals surface area contributed by atoms with Crippen molar-refractivity contribution in [3.63, 3.8) is 0 Å². The molecule has 4 aromatic rings. The molecule has 47 heavy (non-hydrogen) atoms. The van der Waals surface area contributed by atoms with E-state index in [4.69, 9.17) is 9.47 Å². The van der Waals surface area contributed by atoms with E-state index in [0.29, 0.717) is 12.8 Å². The van der Waals surface area contributed by atoms with E-state index < -0.39 is 23.8 Å². The van der Waals surface area contributed by atoms with Gasteiger partial charge in [-0.05, 0) is 65.3 Å². The molecule has 1 saturated carbocycles. The second kappa shape index (κ2) is 15.6. The van der Waals surface area contributed by atoms with Crippen LogP contribution in [0, 0.1) is 17.8 Å². The Bertz CT molecular complexity index is 1510. The summed E-state index contributed by atoms with van der Waals surface area (Å²) in [6, 6.07) is 35.4. The van der Waals surface area contributed by atoms with Crippen LogP contribution in [0.1, 0.15) is 47.4 Å². The zero-order chi connectivity index (χ0) is 33.3. The third-order valence-corrected chi connectivity index (χ3v) is 9.09. The molecule has 1 fully saturated rings. The fraction of sp³-hybridized carbons (Fsp3) is 0.325. The van der Waals surface area contributed by atoms with Crippen LogP contribution in [0.15, 0.2) is 109 Å². The minimum atomic E-state index is -1.19. The van der Waals surface area contributed by atoms with Gasteiger partial charge in [-0.2, -0.15) is 0 Å². The fourth-order valence-electron chi connectivity index (χ4n) is 6.44. The summed E-state index contributed by atoms with van der Waals surface area (Å²) in [7, 11) is 8.01. The maximum absolute atomic E-state index is 14.1. The highest BCUT2D eigenvalue weighted by atomic mass is 16.6. The number of hydrogen-bond acceptors (Lipinski definition) is 7. The zero-order valence-corrected chi connectivity index (χ0v) is 27.7. The van der Waals surface area contributed by atoms with Crippen molar-refractivity contribution in [2.24, 2.45) is 17.8 Å². The average molecular weight is 633 g/mol. The standard InChI is InChI=1S/C40H44N2O5/c1-41(2)33-20-15-30(16-21-33)37(31-17-22-34(23-18-31)42(3)4)35-24-19-32(25-36(35)43)38(39(44)46-26-28-11-7-5-8-12-28)40(45)47-27-29-13-9-6-10-14-29/h5-18,20-23,32,35,37-38H,19,24-27H2,1-4H3/t32-,35+/m0/s1. The Kier molecular flexibility index (Phi) is 11.1. The molecule has 0 saturated heterocycles. The molecule has 1 aliphatic rings. The Morgan fingerprint density at radius 3 is 1.45 bits per heavy atom. The molecule has 0 aliphatic heterocycles. The van der Waals surface area contributed by atoms with Gasteiger partial charge in [0.25, 0.3) is 0 Å². The van der Waals surface area contributed by atoms with Crippen LogP contribution in [0.25, 0.3) is 0 Å². The lowest BCUT2D eigenvalue weighted by atomic mass is 9.68. The van der Waals surface area contributed by atoms with Crippen molar-refractivity contribution in [1.29, 1.82) is 0 Å². The number of benzene rings is 4. The molecule has 0 amide bonds. The van der Waals surface area contributed by atoms with Crippen LogP contribution in [0.3, 0.4) is 0 Å². The van der Waals surface area contributed by atoms with E-state index in [9.17, 15) is 14.4 Å². The van der Waals surface area contributed by atoms with Gasteiger partial charge in [0.15, 0.2) is 5.92 Å². The molecule has 0 bridgehead atoms. The van der Waals surface area contributed by atoms with Gasteiger partial charge in [0.05, 0.1) is 0 Å². The topological polar surface area (TPSA) is 76.2 Å². The largest absolute Gasteiger partial charge is 0.460 e. The van der Waals surface area contributed by atoms with Gasteiger partial charge in [0, 0.05) is 57.8 Å². The molecule has 244 valence electrons. The first-order valence-corrected chi connectivity index (χ1v) is 16.2. The molecule has 5 rings (SSSR count). The highest BCUT2D eigenvalue weighted by molar-refractivity contribution is 5.96. The Labute approximate surface area is 278 Å². The summed E-state index contributed by atoms with van der Waals surface area (Å²) in [4.78, 5) is 45.4. The van der Waals surface area contributed by atoms with E-state index in [2.05, 4.69) is 58.3 Å². The maximum Gasteiger partial charge on any atom is 0.320 e. The summed E-state index contributed by atoms with van der Waals surface area (Å²) in [5.74, 6) is -3.44. The molecule has 0 spiro atoms. The number of nitrogens with zero attached hydrogens (tertiary/aromatic N) is 2. The van der Waals surface area contributed by atoms with Crippen molar-refractivity contribution in [3.05, 3.63) is 131 Å². The van der Waals surface area contributed by atoms with Crippen LogP contribution in [0.5, 0.6) is 0 Å². The zero-order valence-electron chi connectivity index (χ0n) is 27.7. The number of Topliss-reactive ketones (excluding diaryl/α,β-unsaturated/α-hetero) is 1. The molecule has 1 aliphatic carbocycles. The van der Waals surface area contributed by atoms with Gasteiger partial charge >= 0.3 is 11.9 Å². The Morgan fingerprint density at radius 2 is 1.06 bits per heavy atom. The fourth-order valence-corrected chi connectivity index (χ4v) is 6.44. The Hall–Kier alpha value is -4.91. The third kappa shape index (κ3) is 8.47. The molecule has 2 atom stereocenters. The van der Waals surface area contributed by atoms with Crippen molar-refractivity contribution >= 4 is 29.1 Å². The SMILES string of the molecule is CN(C)c1ccc(C(c2ccc(N(C)C)cc2)[C@@H]2CC[C@H](C(C(=O)OCc3ccccc3)C(=O)OCc3ccccc3)CC2=O)cc1. The van der Waals surface area contributed by atoms with Crippen molar-refractivity contribution < 1.29 is 23.9 Å². The van der Waals surface area contributed by atoms with E-state index in [0.717, 1.165) is 33.6 Å². The second-order valence-corrected chi connectivity index (χ2v) is 12.7. The number of rotatable bonds is 12. The number of carbonyl (C=O) groups excluding carboxylic acids is 3. The molecule has 0 N–H and O–H groups in total. The molecule has 7 nitrogen and oxygen atoms in total. The Morgan fingerprint density at radius 1 is 0.638 bits per heavy atom. The summed E-state index contributed by atoms with van der Waals surface area (Å²) in [6.07, 6.45) is 1.15. The third-order valence-electron chi connectivity index (χ3n) is 9.09. The lowest BCUT2D eigenvalue weighted by Crippen LogP contribution is -2.40. The predicted molar refractivity (Wildman–Crippen MR) is 185 cm³/mol. The molecule has 0 unspecified atom stereocenters. The van der Waals surface area contributed by atoms with Gasteiger partial charge in [-0.3, -0.25) is 14.4 Å². The highest BCUT2D eigenvalue weighted by Gasteiger charge is 2.44. The molecule has 0 radical (unpaired) electrons. The first-order valence-electron chi connectivity index (χ1n) is 16.2. The highest BCUT2D eigenvalue weighted by Crippen LogP contribution is 2.43. The molecule has 0 aromatic heterocycles. The van der Waals surface area contributed by atoms with Gasteiger partial charge in [0.2, 0.25) is 0 Å². The normalized spacial score (nSPS) is 16.2. The molecular formula is C40H44N2O5. The first kappa shape index (κ1) is 33.5. The van der Waals surface area contributed by atoms with Crippen LogP contribution < -0.4 is 9.80 Å². The minimum absolute atomic E-state index is 0.0383. The van der Waals surface area contributed by atoms with Gasteiger partial charge < -0.3 is 19.3 Å². The molecule has 7 heteroatoms. The van der Waals surface area contributed by atoms with Crippen LogP contribution in [-0.2, 0) is 37.1 Å². The van der Waals surface area contributed by atoms with E-state index >= 15 is 0 Å². The summed E-state index contributed by atoms with van der Waals surface area (Å²) in [5, 5.41) is 0. The lowest BCUT2D eigenvalue weighted by Gasteiger charge is -2.35. The smallest absolute Gasteiger partial charge is 0.320 e. The van der Waals surface area contributed by atoms with Crippen LogP contribution >= 0.6 is 0 Å². The summed E-state index contributed by atoms with van der Waals surface area (Å²) >= 11 is 0. The number of ether oxygens (including phenoxy) is 2. The monoisotopic (exact) mass is 632 g/mol. The number of hydrogen-bond donors (Lipinski definition) is 0. The lowest BCUT2D eigenvalue weighted by molar-refractivity contribution is -0.167. The summed E-state index contributed by atoms with van der Waals surface area (Å²) in [5.41, 5.74) is 5.92. The minimum Gasteiger partial charge on any atom is -0.460 e. The van der Waals surface area contributed by atoms with Crippen molar-refractivity contribution in [2.75, 3.05) is 38.0 Å². The average Bonchev–Trinajstić information content (AvgIpc) is 3.09. The van der Waals surface area contributed by atoms with Crippen molar-refractivity contribution in [1.82, 2.24) is 0 Å². The summed E-state index contributed by atoms with van der Waals surface area (Å²) < 4.78 is 11.3. The van der Waals surface area contributed by atoms with Gasteiger partial charge in [-0.15, -0.1) is 0 Å². The number of ketones is 1. The van der Waals surface area contributed by atoms with Gasteiger partial charge in [0.1, 0.15) is 19.0 Å². The van der Waals surface area contributed by atoms with Crippen LogP contribution in [0.2, 0.25) is 0 Å². The maximum atomic E-state index is 14.1. The summed E-state index contributed by atoms with van der Waals surface area (Å²) in [6.45, 7) is 0.0821. The number of esters is 2. The van der Waals surface area contributed by atoms with E-state index in [1.807, 2.05) is 88.9 Å². The quantitative estimate of drug-likeness (QED) is 0.123. The predicted octanol–water partition coefficient (Wildman–Crippen LogP) is 7.04. The second-order valence-electron chi connectivity index (χ2n) is 12.7. The van der Waals surface area contributed by atoms with Gasteiger partial charge in [-0.1, -0.05) is 84.9 Å². The molecule has 0 heterocycles. The molecular weight excluding hydrogens is 588 g/mol. The van der Waals surface area contributed by atoms with E-state index in [-0.39, 0.29) is 37.3 Å². The van der Waals surface area contributed by atoms with Crippen LogP contribution in [-0.4, -0.2) is 45.9 Å². The first-order chi connectivity index (χ1) is 22.7. The van der Waals surface area contributed by atoms with Crippen LogP contribution in [0.4, 0.5) is 11.4 Å². The van der Waals surface area contributed by atoms with Crippen molar-refractivity contribution in [3.8, 4) is 0 Å². The van der Waals surface area contributed by atoms with E-state index in [1.165, 1.54) is 0 Å². The Balaban J connectivity index is 1.38. The molecule has 4 aromatic carbocycles. The van der Waals surface area contributed by atoms with Crippen molar-refractivity contribution in [2.45, 2.75) is 38.4 Å². The number of anilines is 2. The van der Waals surface area contributed by atoms with Gasteiger partial charge in [-0.25, -0.2) is 0 Å².